The van der Waals surface area contributed by atoms with Gasteiger partial charge in [-0.2, -0.15) is 0 Å². The second kappa shape index (κ2) is 7.21. The standard InChI is InChI=1S/C13H15ClN4OS/c1-2-15-11-8-9(7-10(14)18-11)13(19)17-4-3-12-16-5-6-20-12/h5-8H,2-4H2,1H3,(H,15,18)(H,17,19). The first-order valence-electron chi connectivity index (χ1n) is 6.27. The Hall–Kier alpha value is -1.66. The molecule has 0 radical (unpaired) electrons. The molecule has 2 aromatic heterocycles. The first kappa shape index (κ1) is 14.7. The van der Waals surface area contributed by atoms with E-state index in [0.717, 1.165) is 18.0 Å². The minimum absolute atomic E-state index is 0.162. The highest BCUT2D eigenvalue weighted by Gasteiger charge is 2.09. The molecule has 0 aliphatic carbocycles. The minimum Gasteiger partial charge on any atom is -0.370 e. The molecule has 0 aliphatic heterocycles. The van der Waals surface area contributed by atoms with Crippen LogP contribution in [-0.2, 0) is 6.42 Å². The van der Waals surface area contributed by atoms with E-state index < -0.39 is 0 Å². The largest absolute Gasteiger partial charge is 0.370 e. The van der Waals surface area contributed by atoms with Crippen molar-refractivity contribution >= 4 is 34.7 Å². The van der Waals surface area contributed by atoms with Gasteiger partial charge < -0.3 is 10.6 Å². The van der Waals surface area contributed by atoms with Gasteiger partial charge in [-0.15, -0.1) is 11.3 Å². The molecule has 0 unspecified atom stereocenters. The molecular weight excluding hydrogens is 296 g/mol. The van der Waals surface area contributed by atoms with Crippen molar-refractivity contribution in [1.82, 2.24) is 15.3 Å². The summed E-state index contributed by atoms with van der Waals surface area (Å²) >= 11 is 7.48. The minimum atomic E-state index is -0.162. The predicted octanol–water partition coefficient (Wildman–Crippen LogP) is 2.60. The van der Waals surface area contributed by atoms with E-state index in [1.807, 2.05) is 12.3 Å². The summed E-state index contributed by atoms with van der Waals surface area (Å²) in [4.78, 5) is 20.3. The lowest BCUT2D eigenvalue weighted by atomic mass is 10.2. The van der Waals surface area contributed by atoms with E-state index in [2.05, 4.69) is 20.6 Å². The van der Waals surface area contributed by atoms with Gasteiger partial charge >= 0.3 is 0 Å². The second-order valence-electron chi connectivity index (χ2n) is 4.03. The zero-order chi connectivity index (χ0) is 14.4. The zero-order valence-corrected chi connectivity index (χ0v) is 12.6. The van der Waals surface area contributed by atoms with E-state index in [1.54, 1.807) is 29.7 Å². The Balaban J connectivity index is 1.94. The van der Waals surface area contributed by atoms with Crippen LogP contribution >= 0.6 is 22.9 Å². The molecule has 0 saturated carbocycles. The van der Waals surface area contributed by atoms with E-state index in [0.29, 0.717) is 23.1 Å². The van der Waals surface area contributed by atoms with Crippen molar-refractivity contribution in [3.63, 3.8) is 0 Å². The van der Waals surface area contributed by atoms with Gasteiger partial charge in [0.05, 0.1) is 5.01 Å². The van der Waals surface area contributed by atoms with Crippen LogP contribution in [0, 0.1) is 0 Å². The normalized spacial score (nSPS) is 10.3. The first-order chi connectivity index (χ1) is 9.69. The van der Waals surface area contributed by atoms with E-state index in [1.165, 1.54) is 0 Å². The van der Waals surface area contributed by atoms with Crippen LogP contribution in [0.5, 0.6) is 0 Å². The number of hydrogen-bond donors (Lipinski definition) is 2. The topological polar surface area (TPSA) is 66.9 Å². The maximum Gasteiger partial charge on any atom is 0.251 e. The number of anilines is 1. The summed E-state index contributed by atoms with van der Waals surface area (Å²) in [6.45, 7) is 3.22. The van der Waals surface area contributed by atoms with Crippen LogP contribution in [0.15, 0.2) is 23.7 Å². The van der Waals surface area contributed by atoms with E-state index >= 15 is 0 Å². The second-order valence-corrected chi connectivity index (χ2v) is 5.39. The molecule has 5 nitrogen and oxygen atoms in total. The van der Waals surface area contributed by atoms with Crippen molar-refractivity contribution in [3.8, 4) is 0 Å². The summed E-state index contributed by atoms with van der Waals surface area (Å²) in [5, 5.41) is 9.11. The lowest BCUT2D eigenvalue weighted by Gasteiger charge is -2.07. The quantitative estimate of drug-likeness (QED) is 0.805. The number of halogens is 1. The van der Waals surface area contributed by atoms with Crippen LogP contribution in [-0.4, -0.2) is 29.0 Å². The summed E-state index contributed by atoms with van der Waals surface area (Å²) in [5.74, 6) is 0.440. The third kappa shape index (κ3) is 4.18. The highest BCUT2D eigenvalue weighted by Crippen LogP contribution is 2.14. The molecule has 2 heterocycles. The molecule has 0 atom stereocenters. The zero-order valence-electron chi connectivity index (χ0n) is 11.0. The summed E-state index contributed by atoms with van der Waals surface area (Å²) in [5.41, 5.74) is 0.500. The Bertz CT molecular complexity index is 574. The average molecular weight is 311 g/mol. The van der Waals surface area contributed by atoms with Gasteiger partial charge in [0.25, 0.3) is 5.91 Å². The number of aromatic nitrogens is 2. The Morgan fingerprint density at radius 2 is 2.30 bits per heavy atom. The fraction of sp³-hybridized carbons (Fsp3) is 0.308. The van der Waals surface area contributed by atoms with Crippen molar-refractivity contribution in [3.05, 3.63) is 39.4 Å². The molecule has 0 aromatic carbocycles. The van der Waals surface area contributed by atoms with Crippen molar-refractivity contribution in [2.45, 2.75) is 13.3 Å². The Morgan fingerprint density at radius 1 is 1.45 bits per heavy atom. The third-order valence-corrected chi connectivity index (χ3v) is 3.56. The third-order valence-electron chi connectivity index (χ3n) is 2.52. The molecule has 2 rings (SSSR count). The number of thiazole rings is 1. The number of carbonyl (C=O) groups excluding carboxylic acids is 1. The summed E-state index contributed by atoms with van der Waals surface area (Å²) in [6, 6.07) is 3.25. The molecule has 20 heavy (non-hydrogen) atoms. The average Bonchev–Trinajstić information content (AvgIpc) is 2.91. The summed E-state index contributed by atoms with van der Waals surface area (Å²) in [6.07, 6.45) is 2.48. The SMILES string of the molecule is CCNc1cc(C(=O)NCCc2nccs2)cc(Cl)n1. The Morgan fingerprint density at radius 3 is 3.00 bits per heavy atom. The van der Waals surface area contributed by atoms with Gasteiger partial charge in [-0.3, -0.25) is 4.79 Å². The van der Waals surface area contributed by atoms with Gasteiger partial charge in [0.2, 0.25) is 0 Å². The number of carbonyl (C=O) groups is 1. The molecule has 0 saturated heterocycles. The predicted molar refractivity (Wildman–Crippen MR) is 81.6 cm³/mol. The molecule has 0 bridgehead atoms. The maximum atomic E-state index is 12.0. The Kier molecular flexibility index (Phi) is 5.31. The lowest BCUT2D eigenvalue weighted by molar-refractivity contribution is 0.0954. The van der Waals surface area contributed by atoms with Crippen LogP contribution in [0.2, 0.25) is 5.15 Å². The van der Waals surface area contributed by atoms with Crippen molar-refractivity contribution in [2.24, 2.45) is 0 Å². The maximum absolute atomic E-state index is 12.0. The number of nitrogens with zero attached hydrogens (tertiary/aromatic N) is 2. The molecule has 0 fully saturated rings. The van der Waals surface area contributed by atoms with Gasteiger partial charge in [-0.1, -0.05) is 11.6 Å². The molecule has 7 heteroatoms. The molecule has 2 N–H and O–H groups in total. The summed E-state index contributed by atoms with van der Waals surface area (Å²) in [7, 11) is 0. The summed E-state index contributed by atoms with van der Waals surface area (Å²) < 4.78 is 0. The smallest absolute Gasteiger partial charge is 0.251 e. The number of rotatable bonds is 6. The molecule has 2 aromatic rings. The van der Waals surface area contributed by atoms with Gasteiger partial charge in [0.15, 0.2) is 0 Å². The molecule has 0 spiro atoms. The molecular formula is C13H15ClN4OS. The van der Waals surface area contributed by atoms with Gasteiger partial charge in [0.1, 0.15) is 11.0 Å². The number of amides is 1. The fourth-order valence-corrected chi connectivity index (χ4v) is 2.49. The highest BCUT2D eigenvalue weighted by molar-refractivity contribution is 7.09. The van der Waals surface area contributed by atoms with E-state index in [9.17, 15) is 4.79 Å². The van der Waals surface area contributed by atoms with Gasteiger partial charge in [-0.25, -0.2) is 9.97 Å². The van der Waals surface area contributed by atoms with Crippen LogP contribution < -0.4 is 10.6 Å². The number of hydrogen-bond acceptors (Lipinski definition) is 5. The van der Waals surface area contributed by atoms with Crippen molar-refractivity contribution in [1.29, 1.82) is 0 Å². The number of nitrogens with one attached hydrogen (secondary N) is 2. The van der Waals surface area contributed by atoms with Gasteiger partial charge in [0, 0.05) is 36.7 Å². The molecule has 1 amide bonds. The van der Waals surface area contributed by atoms with Crippen molar-refractivity contribution in [2.75, 3.05) is 18.4 Å². The monoisotopic (exact) mass is 310 g/mol. The molecule has 0 aliphatic rings. The van der Waals surface area contributed by atoms with E-state index in [-0.39, 0.29) is 5.91 Å². The first-order valence-corrected chi connectivity index (χ1v) is 7.53. The fourth-order valence-electron chi connectivity index (χ4n) is 1.66. The van der Waals surface area contributed by atoms with Gasteiger partial charge in [-0.05, 0) is 19.1 Å². The van der Waals surface area contributed by atoms with Crippen LogP contribution in [0.3, 0.4) is 0 Å². The van der Waals surface area contributed by atoms with Crippen LogP contribution in [0.25, 0.3) is 0 Å². The Labute approximate surface area is 126 Å². The number of pyridine rings is 1. The lowest BCUT2D eigenvalue weighted by Crippen LogP contribution is -2.25. The molecule has 106 valence electrons. The van der Waals surface area contributed by atoms with Crippen LogP contribution in [0.1, 0.15) is 22.3 Å². The van der Waals surface area contributed by atoms with Crippen LogP contribution in [0.4, 0.5) is 5.82 Å². The van der Waals surface area contributed by atoms with E-state index in [4.69, 9.17) is 11.6 Å². The van der Waals surface area contributed by atoms with Crippen molar-refractivity contribution < 1.29 is 4.79 Å². The highest BCUT2D eigenvalue weighted by atomic mass is 35.5.